The monoisotopic (exact) mass is 387 g/mol. The zero-order valence-corrected chi connectivity index (χ0v) is 16.2. The van der Waals surface area contributed by atoms with E-state index in [0.717, 1.165) is 22.4 Å². The van der Waals surface area contributed by atoms with E-state index in [1.807, 2.05) is 54.6 Å². The predicted molar refractivity (Wildman–Crippen MR) is 112 cm³/mol. The maximum Gasteiger partial charge on any atom is 0.163 e. The Morgan fingerprint density at radius 3 is 2.28 bits per heavy atom. The molecule has 0 saturated carbocycles. The molecule has 0 aliphatic carbocycles. The van der Waals surface area contributed by atoms with Crippen LogP contribution in [0.15, 0.2) is 67.0 Å². The predicted octanol–water partition coefficient (Wildman–Crippen LogP) is 4.16. The van der Waals surface area contributed by atoms with Gasteiger partial charge in [0.15, 0.2) is 11.6 Å². The number of aromatic nitrogens is 4. The normalized spacial score (nSPS) is 10.6. The van der Waals surface area contributed by atoms with Gasteiger partial charge in [0.25, 0.3) is 0 Å². The molecule has 0 fully saturated rings. The summed E-state index contributed by atoms with van der Waals surface area (Å²) >= 11 is 0. The van der Waals surface area contributed by atoms with Crippen molar-refractivity contribution in [2.75, 3.05) is 19.5 Å². The molecule has 29 heavy (non-hydrogen) atoms. The lowest BCUT2D eigenvalue weighted by Gasteiger charge is -2.10. The largest absolute Gasteiger partial charge is 0.497 e. The third-order valence-electron chi connectivity index (χ3n) is 4.53. The van der Waals surface area contributed by atoms with Crippen molar-refractivity contribution in [2.45, 2.75) is 6.54 Å². The quantitative estimate of drug-likeness (QED) is 0.495. The van der Waals surface area contributed by atoms with E-state index in [2.05, 4.69) is 25.5 Å². The zero-order valence-electron chi connectivity index (χ0n) is 16.2. The van der Waals surface area contributed by atoms with Crippen LogP contribution in [-0.2, 0) is 6.54 Å². The van der Waals surface area contributed by atoms with Gasteiger partial charge in [-0.05, 0) is 42.0 Å². The fourth-order valence-electron chi connectivity index (χ4n) is 3.00. The number of nitrogens with one attached hydrogen (secondary N) is 2. The molecule has 2 N–H and O–H groups in total. The van der Waals surface area contributed by atoms with Crippen molar-refractivity contribution in [3.63, 3.8) is 0 Å². The molecule has 2 heterocycles. The zero-order chi connectivity index (χ0) is 20.1. The summed E-state index contributed by atoms with van der Waals surface area (Å²) < 4.78 is 10.7. The summed E-state index contributed by atoms with van der Waals surface area (Å²) in [6.45, 7) is 0.688. The van der Waals surface area contributed by atoms with Gasteiger partial charge >= 0.3 is 0 Å². The van der Waals surface area contributed by atoms with Crippen LogP contribution in [0.1, 0.15) is 5.56 Å². The molecular formula is C22H21N5O2. The summed E-state index contributed by atoms with van der Waals surface area (Å²) in [6.07, 6.45) is 3.57. The molecule has 0 spiro atoms. The lowest BCUT2D eigenvalue weighted by molar-refractivity contribution is 0.394. The molecule has 0 unspecified atom stereocenters. The molecule has 0 amide bonds. The Morgan fingerprint density at radius 2 is 1.55 bits per heavy atom. The molecule has 0 atom stereocenters. The smallest absolute Gasteiger partial charge is 0.163 e. The van der Waals surface area contributed by atoms with Gasteiger partial charge in [0.05, 0.1) is 14.2 Å². The summed E-state index contributed by atoms with van der Waals surface area (Å²) in [4.78, 5) is 7.36. The lowest BCUT2D eigenvalue weighted by atomic mass is 10.1. The van der Waals surface area contributed by atoms with E-state index in [0.29, 0.717) is 29.7 Å². The second-order valence-corrected chi connectivity index (χ2v) is 6.38. The molecule has 146 valence electrons. The van der Waals surface area contributed by atoms with Crippen LogP contribution in [0.3, 0.4) is 0 Å². The molecule has 2 aromatic carbocycles. The number of ether oxygens (including phenoxy) is 2. The molecule has 0 aliphatic rings. The Kier molecular flexibility index (Phi) is 5.38. The van der Waals surface area contributed by atoms with Crippen LogP contribution in [-0.4, -0.2) is 34.4 Å². The van der Waals surface area contributed by atoms with E-state index >= 15 is 0 Å². The lowest BCUT2D eigenvalue weighted by Crippen LogP contribution is -2.01. The molecule has 4 aromatic rings. The van der Waals surface area contributed by atoms with Crippen LogP contribution < -0.4 is 14.8 Å². The topological polar surface area (TPSA) is 84.9 Å². The van der Waals surface area contributed by atoms with Gasteiger partial charge in [-0.2, -0.15) is 0 Å². The minimum atomic E-state index is 0.640. The summed E-state index contributed by atoms with van der Waals surface area (Å²) in [5.74, 6) is 2.70. The van der Waals surface area contributed by atoms with E-state index in [1.54, 1.807) is 26.6 Å². The van der Waals surface area contributed by atoms with Crippen LogP contribution in [0.25, 0.3) is 22.8 Å². The summed E-state index contributed by atoms with van der Waals surface area (Å²) in [6, 6.07) is 17.6. The maximum absolute atomic E-state index is 5.35. The van der Waals surface area contributed by atoms with Crippen molar-refractivity contribution >= 4 is 5.69 Å². The summed E-state index contributed by atoms with van der Waals surface area (Å²) in [5, 5.41) is 12.1. The van der Waals surface area contributed by atoms with Crippen molar-refractivity contribution < 1.29 is 9.47 Å². The number of para-hydroxylation sites is 1. The van der Waals surface area contributed by atoms with Crippen LogP contribution in [0.5, 0.6) is 11.5 Å². The first-order valence-corrected chi connectivity index (χ1v) is 9.15. The van der Waals surface area contributed by atoms with E-state index in [-0.39, 0.29) is 0 Å². The molecule has 0 saturated heterocycles. The number of H-pyrrole nitrogens is 1. The third kappa shape index (κ3) is 4.19. The highest BCUT2D eigenvalue weighted by Gasteiger charge is 2.13. The number of anilines is 1. The van der Waals surface area contributed by atoms with Gasteiger partial charge < -0.3 is 19.8 Å². The SMILES string of the molecule is COc1cc(OC)cc(-c2nnc(-c3ccccc3NCc3ccncc3)[nH]2)c1. The van der Waals surface area contributed by atoms with Gasteiger partial charge in [0.2, 0.25) is 0 Å². The van der Waals surface area contributed by atoms with E-state index in [9.17, 15) is 0 Å². The molecular weight excluding hydrogens is 366 g/mol. The van der Waals surface area contributed by atoms with Crippen LogP contribution in [0.4, 0.5) is 5.69 Å². The highest BCUT2D eigenvalue weighted by molar-refractivity contribution is 5.74. The fraction of sp³-hybridized carbons (Fsp3) is 0.136. The van der Waals surface area contributed by atoms with Crippen LogP contribution in [0, 0.1) is 0 Å². The second-order valence-electron chi connectivity index (χ2n) is 6.38. The number of aromatic amines is 1. The van der Waals surface area contributed by atoms with Crippen LogP contribution in [0.2, 0.25) is 0 Å². The van der Waals surface area contributed by atoms with Crippen molar-refractivity contribution in [2.24, 2.45) is 0 Å². The first-order chi connectivity index (χ1) is 14.3. The number of hydrogen-bond acceptors (Lipinski definition) is 6. The Hall–Kier alpha value is -3.87. The number of hydrogen-bond donors (Lipinski definition) is 2. The number of methoxy groups -OCH3 is 2. The first-order valence-electron chi connectivity index (χ1n) is 9.15. The highest BCUT2D eigenvalue weighted by Crippen LogP contribution is 2.30. The van der Waals surface area contributed by atoms with Gasteiger partial charge in [0.1, 0.15) is 11.5 Å². The fourth-order valence-corrected chi connectivity index (χ4v) is 3.00. The van der Waals surface area contributed by atoms with Crippen LogP contribution >= 0.6 is 0 Å². The van der Waals surface area contributed by atoms with Gasteiger partial charge in [-0.3, -0.25) is 4.98 Å². The second kappa shape index (κ2) is 8.43. The minimum absolute atomic E-state index is 0.640. The molecule has 7 nitrogen and oxygen atoms in total. The Bertz CT molecular complexity index is 1070. The summed E-state index contributed by atoms with van der Waals surface area (Å²) in [7, 11) is 3.24. The molecule has 0 aliphatic heterocycles. The standard InChI is InChI=1S/C22H21N5O2/c1-28-17-11-16(12-18(13-17)29-2)21-25-22(27-26-21)19-5-3-4-6-20(19)24-14-15-7-9-23-10-8-15/h3-13,24H,14H2,1-2H3,(H,25,26,27). The minimum Gasteiger partial charge on any atom is -0.497 e. The maximum atomic E-state index is 5.35. The summed E-state index contributed by atoms with van der Waals surface area (Å²) in [5.41, 5.74) is 3.89. The molecule has 0 bridgehead atoms. The molecule has 7 heteroatoms. The van der Waals surface area contributed by atoms with Crippen molar-refractivity contribution in [3.8, 4) is 34.3 Å². The number of benzene rings is 2. The highest BCUT2D eigenvalue weighted by atomic mass is 16.5. The molecule has 0 radical (unpaired) electrons. The van der Waals surface area contributed by atoms with Gasteiger partial charge in [-0.1, -0.05) is 12.1 Å². The van der Waals surface area contributed by atoms with Crippen molar-refractivity contribution in [1.82, 2.24) is 20.2 Å². The van der Waals surface area contributed by atoms with Gasteiger partial charge in [0, 0.05) is 41.8 Å². The number of nitrogens with zero attached hydrogens (tertiary/aromatic N) is 3. The Balaban J connectivity index is 1.62. The Morgan fingerprint density at radius 1 is 0.862 bits per heavy atom. The van der Waals surface area contributed by atoms with E-state index in [4.69, 9.17) is 9.47 Å². The Labute approximate surface area is 168 Å². The van der Waals surface area contributed by atoms with Crippen molar-refractivity contribution in [1.29, 1.82) is 0 Å². The number of rotatable bonds is 7. The van der Waals surface area contributed by atoms with Gasteiger partial charge in [-0.25, -0.2) is 0 Å². The first kappa shape index (κ1) is 18.5. The molecule has 2 aromatic heterocycles. The van der Waals surface area contributed by atoms with Crippen molar-refractivity contribution in [3.05, 3.63) is 72.6 Å². The number of pyridine rings is 1. The van der Waals surface area contributed by atoms with E-state index in [1.165, 1.54) is 0 Å². The molecule has 4 rings (SSSR count). The van der Waals surface area contributed by atoms with E-state index < -0.39 is 0 Å². The third-order valence-corrected chi connectivity index (χ3v) is 4.53. The average molecular weight is 387 g/mol. The van der Waals surface area contributed by atoms with Gasteiger partial charge in [-0.15, -0.1) is 10.2 Å². The average Bonchev–Trinajstić information content (AvgIpc) is 3.28.